The predicted molar refractivity (Wildman–Crippen MR) is 129 cm³/mol. The second-order valence-corrected chi connectivity index (χ2v) is 10.6. The number of amides is 1. The van der Waals surface area contributed by atoms with Gasteiger partial charge in [-0.1, -0.05) is 35.5 Å². The number of aromatic amines is 1. The van der Waals surface area contributed by atoms with E-state index in [-0.39, 0.29) is 10.8 Å². The first-order chi connectivity index (χ1) is 16.3. The van der Waals surface area contributed by atoms with Gasteiger partial charge in [-0.3, -0.25) is 4.79 Å². The van der Waals surface area contributed by atoms with Crippen LogP contribution in [0.3, 0.4) is 0 Å². The summed E-state index contributed by atoms with van der Waals surface area (Å²) < 4.78 is 33.0. The average Bonchev–Trinajstić information content (AvgIpc) is 3.41. The fraction of sp³-hybridized carbons (Fsp3) is 0.280. The van der Waals surface area contributed by atoms with Crippen LogP contribution in [0, 0.1) is 13.8 Å². The van der Waals surface area contributed by atoms with Gasteiger partial charge in [0.25, 0.3) is 5.91 Å². The molecule has 0 atom stereocenters. The summed E-state index contributed by atoms with van der Waals surface area (Å²) in [5.74, 6) is -0.0307. The second kappa shape index (κ2) is 8.41. The smallest absolute Gasteiger partial charge is 0.250 e. The summed E-state index contributed by atoms with van der Waals surface area (Å²) in [6.45, 7) is 4.05. The Morgan fingerprint density at radius 2 is 1.82 bits per heavy atom. The van der Waals surface area contributed by atoms with Crippen molar-refractivity contribution in [3.63, 3.8) is 0 Å². The van der Waals surface area contributed by atoms with E-state index >= 15 is 0 Å². The molecule has 9 heteroatoms. The number of aryl methyl sites for hydroxylation is 2. The molecule has 1 fully saturated rings. The summed E-state index contributed by atoms with van der Waals surface area (Å²) in [5, 5.41) is 4.75. The highest BCUT2D eigenvalue weighted by molar-refractivity contribution is 7.89. The Hall–Kier alpha value is -3.43. The van der Waals surface area contributed by atoms with Gasteiger partial charge in [0, 0.05) is 24.7 Å². The van der Waals surface area contributed by atoms with E-state index in [1.54, 1.807) is 13.8 Å². The van der Waals surface area contributed by atoms with Crippen LogP contribution in [0.2, 0.25) is 0 Å². The number of carbonyl (C=O) groups is 1. The van der Waals surface area contributed by atoms with E-state index in [1.165, 1.54) is 4.31 Å². The highest BCUT2D eigenvalue weighted by Crippen LogP contribution is 2.38. The topological polar surface area (TPSA) is 122 Å². The SMILES string of the molecule is Cc1noc(C)c1S(=O)(=O)N1CCC(c2c[nH]c3c(C(N)=O)cc(-c4ccccc4)cc23)CC1. The minimum absolute atomic E-state index is 0.150. The molecule has 0 spiro atoms. The number of carbonyl (C=O) groups excluding carboxylic acids is 1. The van der Waals surface area contributed by atoms with E-state index in [9.17, 15) is 13.2 Å². The Balaban J connectivity index is 1.47. The van der Waals surface area contributed by atoms with Crippen molar-refractivity contribution in [3.8, 4) is 11.1 Å². The predicted octanol–water partition coefficient (Wildman–Crippen LogP) is 4.11. The van der Waals surface area contributed by atoms with Crippen LogP contribution in [0.5, 0.6) is 0 Å². The molecule has 0 aliphatic carbocycles. The molecule has 34 heavy (non-hydrogen) atoms. The third-order valence-corrected chi connectivity index (χ3v) is 8.80. The maximum atomic E-state index is 13.2. The lowest BCUT2D eigenvalue weighted by molar-refractivity contribution is 0.100. The molecule has 4 aromatic rings. The van der Waals surface area contributed by atoms with Crippen molar-refractivity contribution < 1.29 is 17.7 Å². The summed E-state index contributed by atoms with van der Waals surface area (Å²) in [6.07, 6.45) is 3.25. The maximum absolute atomic E-state index is 13.2. The Labute approximate surface area is 197 Å². The zero-order chi connectivity index (χ0) is 24.0. The Bertz CT molecular complexity index is 1460. The molecule has 0 bridgehead atoms. The molecular weight excluding hydrogens is 452 g/mol. The van der Waals surface area contributed by atoms with Crippen molar-refractivity contribution in [2.24, 2.45) is 5.73 Å². The summed E-state index contributed by atoms with van der Waals surface area (Å²) >= 11 is 0. The number of nitrogens with one attached hydrogen (secondary N) is 1. The van der Waals surface area contributed by atoms with Gasteiger partial charge in [-0.2, -0.15) is 4.31 Å². The van der Waals surface area contributed by atoms with Crippen molar-refractivity contribution >= 4 is 26.8 Å². The number of nitrogens with zero attached hydrogens (tertiary/aromatic N) is 2. The molecule has 0 saturated carbocycles. The van der Waals surface area contributed by atoms with Crippen LogP contribution in [0.15, 0.2) is 58.1 Å². The van der Waals surface area contributed by atoms with Gasteiger partial charge < -0.3 is 15.2 Å². The van der Waals surface area contributed by atoms with Crippen LogP contribution in [0.25, 0.3) is 22.0 Å². The Morgan fingerprint density at radius 3 is 2.44 bits per heavy atom. The van der Waals surface area contributed by atoms with E-state index in [4.69, 9.17) is 10.3 Å². The third kappa shape index (κ3) is 3.70. The first-order valence-electron chi connectivity index (χ1n) is 11.2. The van der Waals surface area contributed by atoms with Gasteiger partial charge in [-0.05, 0) is 61.4 Å². The lowest BCUT2D eigenvalue weighted by Crippen LogP contribution is -2.38. The van der Waals surface area contributed by atoms with Gasteiger partial charge in [0.15, 0.2) is 5.76 Å². The molecule has 0 unspecified atom stereocenters. The number of nitrogens with two attached hydrogens (primary N) is 1. The number of sulfonamides is 1. The van der Waals surface area contributed by atoms with Crippen molar-refractivity contribution in [3.05, 3.63) is 71.2 Å². The van der Waals surface area contributed by atoms with Crippen LogP contribution in [0.1, 0.15) is 46.1 Å². The number of rotatable bonds is 5. The minimum Gasteiger partial charge on any atom is -0.366 e. The van der Waals surface area contributed by atoms with E-state index < -0.39 is 15.9 Å². The van der Waals surface area contributed by atoms with Crippen LogP contribution in [-0.4, -0.2) is 41.9 Å². The van der Waals surface area contributed by atoms with Crippen molar-refractivity contribution in [1.29, 1.82) is 0 Å². The standard InChI is InChI=1S/C25H26N4O4S/c1-15-24(16(2)33-28-15)34(31,32)29-10-8-18(9-11-29)22-14-27-23-20(22)12-19(13-21(23)25(26)30)17-6-4-3-5-7-17/h3-7,12-14,18,27H,8-11H2,1-2H3,(H2,26,30). The van der Waals surface area contributed by atoms with Crippen molar-refractivity contribution in [1.82, 2.24) is 14.4 Å². The van der Waals surface area contributed by atoms with Crippen LogP contribution in [-0.2, 0) is 10.0 Å². The van der Waals surface area contributed by atoms with Gasteiger partial charge >= 0.3 is 0 Å². The molecule has 1 amide bonds. The number of benzene rings is 2. The molecule has 1 aliphatic heterocycles. The largest absolute Gasteiger partial charge is 0.366 e. The van der Waals surface area contributed by atoms with E-state index in [0.717, 1.165) is 22.1 Å². The number of hydrogen-bond donors (Lipinski definition) is 2. The van der Waals surface area contributed by atoms with Gasteiger partial charge in [-0.25, -0.2) is 8.42 Å². The molecular formula is C25H26N4O4S. The van der Waals surface area contributed by atoms with Gasteiger partial charge in [0.1, 0.15) is 10.6 Å². The Kier molecular flexibility index (Phi) is 5.53. The van der Waals surface area contributed by atoms with Crippen molar-refractivity contribution in [2.45, 2.75) is 37.5 Å². The molecule has 2 aromatic heterocycles. The average molecular weight is 479 g/mol. The maximum Gasteiger partial charge on any atom is 0.250 e. The van der Waals surface area contributed by atoms with E-state index in [1.807, 2.05) is 42.6 Å². The van der Waals surface area contributed by atoms with E-state index in [2.05, 4.69) is 16.2 Å². The van der Waals surface area contributed by atoms with Gasteiger partial charge in [0.2, 0.25) is 10.0 Å². The molecule has 8 nitrogen and oxygen atoms in total. The fourth-order valence-corrected chi connectivity index (χ4v) is 6.72. The van der Waals surface area contributed by atoms with Crippen LogP contribution < -0.4 is 5.73 Å². The highest BCUT2D eigenvalue weighted by Gasteiger charge is 2.34. The normalized spacial score (nSPS) is 15.7. The van der Waals surface area contributed by atoms with Crippen LogP contribution >= 0.6 is 0 Å². The number of hydrogen-bond acceptors (Lipinski definition) is 5. The molecule has 2 aromatic carbocycles. The molecule has 1 saturated heterocycles. The Morgan fingerprint density at radius 1 is 1.12 bits per heavy atom. The lowest BCUT2D eigenvalue weighted by Gasteiger charge is -2.31. The summed E-state index contributed by atoms with van der Waals surface area (Å²) in [4.78, 5) is 15.6. The molecule has 0 radical (unpaired) electrons. The quantitative estimate of drug-likeness (QED) is 0.447. The third-order valence-electron chi connectivity index (χ3n) is 6.65. The lowest BCUT2D eigenvalue weighted by atomic mass is 9.88. The first kappa shape index (κ1) is 22.4. The minimum atomic E-state index is -3.67. The van der Waals surface area contributed by atoms with Gasteiger partial charge in [-0.15, -0.1) is 0 Å². The number of aromatic nitrogens is 2. The number of fused-ring (bicyclic) bond motifs is 1. The first-order valence-corrected chi connectivity index (χ1v) is 12.6. The summed E-state index contributed by atoms with van der Waals surface area (Å²) in [6, 6.07) is 13.7. The van der Waals surface area contributed by atoms with Crippen LogP contribution in [0.4, 0.5) is 0 Å². The molecule has 3 N–H and O–H groups in total. The summed E-state index contributed by atoms with van der Waals surface area (Å²) in [7, 11) is -3.67. The zero-order valence-corrected chi connectivity index (χ0v) is 19.9. The molecule has 5 rings (SSSR count). The molecule has 3 heterocycles. The number of piperidine rings is 1. The monoisotopic (exact) mass is 478 g/mol. The number of primary amides is 1. The van der Waals surface area contributed by atoms with Crippen molar-refractivity contribution in [2.75, 3.05) is 13.1 Å². The number of H-pyrrole nitrogens is 1. The van der Waals surface area contributed by atoms with E-state index in [0.29, 0.717) is 48.5 Å². The fourth-order valence-electron chi connectivity index (χ4n) is 4.96. The zero-order valence-electron chi connectivity index (χ0n) is 19.0. The van der Waals surface area contributed by atoms with Gasteiger partial charge in [0.05, 0.1) is 11.1 Å². The molecule has 176 valence electrons. The molecule has 1 aliphatic rings. The second-order valence-electron chi connectivity index (χ2n) is 8.75. The summed E-state index contributed by atoms with van der Waals surface area (Å²) in [5.41, 5.74) is 10.2. The highest BCUT2D eigenvalue weighted by atomic mass is 32.2.